The van der Waals surface area contributed by atoms with Crippen LogP contribution in [0.4, 0.5) is 8.78 Å². The summed E-state index contributed by atoms with van der Waals surface area (Å²) in [5, 5.41) is 0.0128. The molecule has 0 bridgehead atoms. The molecular formula is C15H14ClF2NO. The molecule has 0 amide bonds. The van der Waals surface area contributed by atoms with Crippen LogP contribution in [0.5, 0.6) is 5.75 Å². The first kappa shape index (κ1) is 14.8. The molecular weight excluding hydrogens is 284 g/mol. The molecule has 0 aromatic heterocycles. The van der Waals surface area contributed by atoms with Gasteiger partial charge >= 0.3 is 0 Å². The van der Waals surface area contributed by atoms with Gasteiger partial charge in [-0.25, -0.2) is 8.78 Å². The molecule has 0 heterocycles. The molecule has 2 aromatic carbocycles. The van der Waals surface area contributed by atoms with E-state index >= 15 is 0 Å². The van der Waals surface area contributed by atoms with Crippen molar-refractivity contribution in [3.05, 3.63) is 64.2 Å². The molecule has 0 aliphatic heterocycles. The van der Waals surface area contributed by atoms with E-state index in [1.54, 1.807) is 13.0 Å². The smallest absolute Gasteiger partial charge is 0.165 e. The standard InChI is InChI=1S/C15H14ClF2NO/c1-9(19)11-3-5-15(14(18)7-11)20-8-10-2-4-13(17)12(16)6-10/h2-7,9H,8,19H2,1H3. The van der Waals surface area contributed by atoms with Gasteiger partial charge in [-0.15, -0.1) is 0 Å². The molecule has 0 radical (unpaired) electrons. The first-order chi connectivity index (χ1) is 9.47. The van der Waals surface area contributed by atoms with Crippen LogP contribution in [0.2, 0.25) is 5.02 Å². The zero-order valence-corrected chi connectivity index (χ0v) is 11.6. The minimum absolute atomic E-state index is 0.0128. The van der Waals surface area contributed by atoms with Crippen LogP contribution in [-0.4, -0.2) is 0 Å². The van der Waals surface area contributed by atoms with Crippen LogP contribution in [0.15, 0.2) is 36.4 Å². The van der Waals surface area contributed by atoms with Gasteiger partial charge in [-0.05, 0) is 42.3 Å². The summed E-state index contributed by atoms with van der Waals surface area (Å²) in [6.07, 6.45) is 0. The predicted octanol–water partition coefficient (Wildman–Crippen LogP) is 4.22. The Morgan fingerprint density at radius 3 is 2.50 bits per heavy atom. The van der Waals surface area contributed by atoms with E-state index in [4.69, 9.17) is 22.1 Å². The third kappa shape index (κ3) is 3.46. The fourth-order valence-electron chi connectivity index (χ4n) is 1.71. The number of benzene rings is 2. The van der Waals surface area contributed by atoms with Crippen LogP contribution >= 0.6 is 11.6 Å². The molecule has 2 N–H and O–H groups in total. The van der Waals surface area contributed by atoms with Gasteiger partial charge < -0.3 is 10.5 Å². The molecule has 0 saturated carbocycles. The van der Waals surface area contributed by atoms with E-state index in [1.165, 1.54) is 30.3 Å². The second kappa shape index (κ2) is 6.20. The summed E-state index contributed by atoms with van der Waals surface area (Å²) in [4.78, 5) is 0. The zero-order valence-electron chi connectivity index (χ0n) is 10.9. The lowest BCUT2D eigenvalue weighted by Gasteiger charge is -2.10. The topological polar surface area (TPSA) is 35.2 Å². The van der Waals surface area contributed by atoms with E-state index in [2.05, 4.69) is 0 Å². The van der Waals surface area contributed by atoms with Crippen molar-refractivity contribution in [2.24, 2.45) is 5.73 Å². The normalized spacial score (nSPS) is 12.2. The molecule has 0 aliphatic carbocycles. The van der Waals surface area contributed by atoms with E-state index in [0.29, 0.717) is 11.1 Å². The van der Waals surface area contributed by atoms with Gasteiger partial charge in [-0.2, -0.15) is 0 Å². The number of ether oxygens (including phenoxy) is 1. The first-order valence-electron chi connectivity index (χ1n) is 6.09. The average Bonchev–Trinajstić information content (AvgIpc) is 2.41. The highest BCUT2D eigenvalue weighted by Gasteiger charge is 2.08. The Hall–Kier alpha value is -1.65. The van der Waals surface area contributed by atoms with E-state index < -0.39 is 11.6 Å². The number of rotatable bonds is 4. The van der Waals surface area contributed by atoms with E-state index in [0.717, 1.165) is 0 Å². The molecule has 0 spiro atoms. The summed E-state index contributed by atoms with van der Waals surface area (Å²) in [5.41, 5.74) is 7.02. The lowest BCUT2D eigenvalue weighted by molar-refractivity contribution is 0.290. The van der Waals surface area contributed by atoms with Crippen LogP contribution < -0.4 is 10.5 Å². The van der Waals surface area contributed by atoms with Gasteiger partial charge in [0.25, 0.3) is 0 Å². The summed E-state index contributed by atoms with van der Waals surface area (Å²) in [6.45, 7) is 1.88. The van der Waals surface area contributed by atoms with Crippen molar-refractivity contribution in [3.8, 4) is 5.75 Å². The molecule has 2 aromatic rings. The van der Waals surface area contributed by atoms with Gasteiger partial charge in [-0.1, -0.05) is 23.7 Å². The van der Waals surface area contributed by atoms with Gasteiger partial charge in [0, 0.05) is 6.04 Å². The Morgan fingerprint density at radius 1 is 1.15 bits per heavy atom. The maximum absolute atomic E-state index is 13.8. The Morgan fingerprint density at radius 2 is 1.90 bits per heavy atom. The highest BCUT2D eigenvalue weighted by molar-refractivity contribution is 6.30. The lowest BCUT2D eigenvalue weighted by Crippen LogP contribution is -2.06. The summed E-state index contributed by atoms with van der Waals surface area (Å²) in [6, 6.07) is 8.57. The van der Waals surface area contributed by atoms with Crippen molar-refractivity contribution in [2.75, 3.05) is 0 Å². The second-order valence-corrected chi connectivity index (χ2v) is 4.92. The van der Waals surface area contributed by atoms with Crippen LogP contribution in [-0.2, 0) is 6.61 Å². The Kier molecular flexibility index (Phi) is 4.57. The monoisotopic (exact) mass is 297 g/mol. The van der Waals surface area contributed by atoms with Gasteiger partial charge in [0.15, 0.2) is 11.6 Å². The minimum Gasteiger partial charge on any atom is -0.486 e. The van der Waals surface area contributed by atoms with Gasteiger partial charge in [0.05, 0.1) is 5.02 Å². The SMILES string of the molecule is CC(N)c1ccc(OCc2ccc(F)c(Cl)c2)c(F)c1. The van der Waals surface area contributed by atoms with Gasteiger partial charge in [0.2, 0.25) is 0 Å². The van der Waals surface area contributed by atoms with E-state index in [9.17, 15) is 8.78 Å². The Balaban J connectivity index is 2.09. The third-order valence-corrected chi connectivity index (χ3v) is 3.15. The average molecular weight is 298 g/mol. The second-order valence-electron chi connectivity index (χ2n) is 4.52. The van der Waals surface area contributed by atoms with Gasteiger partial charge in [-0.3, -0.25) is 0 Å². The molecule has 0 saturated heterocycles. The molecule has 106 valence electrons. The predicted molar refractivity (Wildman–Crippen MR) is 74.7 cm³/mol. The third-order valence-electron chi connectivity index (χ3n) is 2.86. The van der Waals surface area contributed by atoms with E-state index in [1.807, 2.05) is 0 Å². The van der Waals surface area contributed by atoms with Crippen molar-refractivity contribution in [2.45, 2.75) is 19.6 Å². The summed E-state index contributed by atoms with van der Waals surface area (Å²) in [7, 11) is 0. The van der Waals surface area contributed by atoms with Crippen LogP contribution in [0.3, 0.4) is 0 Å². The van der Waals surface area contributed by atoms with Crippen LogP contribution in [0.25, 0.3) is 0 Å². The molecule has 2 rings (SSSR count). The summed E-state index contributed by atoms with van der Waals surface area (Å²) >= 11 is 5.66. The number of hydrogen-bond donors (Lipinski definition) is 1. The number of halogens is 3. The van der Waals surface area contributed by atoms with Crippen molar-refractivity contribution < 1.29 is 13.5 Å². The van der Waals surface area contributed by atoms with Crippen LogP contribution in [0.1, 0.15) is 24.1 Å². The van der Waals surface area contributed by atoms with E-state index in [-0.39, 0.29) is 23.4 Å². The minimum atomic E-state index is -0.497. The fraction of sp³-hybridized carbons (Fsp3) is 0.200. The Labute approximate surface area is 121 Å². The van der Waals surface area contributed by atoms with Crippen LogP contribution in [0, 0.1) is 11.6 Å². The molecule has 5 heteroatoms. The number of hydrogen-bond acceptors (Lipinski definition) is 2. The first-order valence-corrected chi connectivity index (χ1v) is 6.47. The molecule has 2 nitrogen and oxygen atoms in total. The lowest BCUT2D eigenvalue weighted by atomic mass is 10.1. The fourth-order valence-corrected chi connectivity index (χ4v) is 1.91. The van der Waals surface area contributed by atoms with Crippen molar-refractivity contribution in [3.63, 3.8) is 0 Å². The Bertz CT molecular complexity index is 617. The quantitative estimate of drug-likeness (QED) is 0.917. The molecule has 0 fully saturated rings. The number of nitrogens with two attached hydrogens (primary N) is 1. The van der Waals surface area contributed by atoms with Crippen molar-refractivity contribution >= 4 is 11.6 Å². The maximum Gasteiger partial charge on any atom is 0.165 e. The van der Waals surface area contributed by atoms with Crippen molar-refractivity contribution in [1.29, 1.82) is 0 Å². The molecule has 1 atom stereocenters. The molecule has 1 unspecified atom stereocenters. The molecule has 20 heavy (non-hydrogen) atoms. The highest BCUT2D eigenvalue weighted by atomic mass is 35.5. The largest absolute Gasteiger partial charge is 0.486 e. The maximum atomic E-state index is 13.8. The molecule has 0 aliphatic rings. The van der Waals surface area contributed by atoms with Crippen molar-refractivity contribution in [1.82, 2.24) is 0 Å². The summed E-state index contributed by atoms with van der Waals surface area (Å²) in [5.74, 6) is -0.856. The highest BCUT2D eigenvalue weighted by Crippen LogP contribution is 2.23. The van der Waals surface area contributed by atoms with Gasteiger partial charge in [0.1, 0.15) is 12.4 Å². The zero-order chi connectivity index (χ0) is 14.7. The summed E-state index contributed by atoms with van der Waals surface area (Å²) < 4.78 is 32.1.